The molecule has 1 aliphatic heterocycles. The number of benzene rings is 2. The molecule has 1 aliphatic rings. The number of Topliss-reactive ketones (excluding diaryl/α,β-unsaturated/α-hetero) is 1. The van der Waals surface area contributed by atoms with Crippen LogP contribution in [-0.4, -0.2) is 46.0 Å². The zero-order valence-electron chi connectivity index (χ0n) is 17.9. The topological polar surface area (TPSA) is 82.3 Å². The Morgan fingerprint density at radius 3 is 2.00 bits per heavy atom. The van der Waals surface area contributed by atoms with Crippen LogP contribution >= 0.6 is 0 Å². The van der Waals surface area contributed by atoms with Crippen LogP contribution in [0.4, 0.5) is 0 Å². The first-order chi connectivity index (χ1) is 15.1. The Hall–Kier alpha value is -3.28. The molecule has 2 aromatic rings. The van der Waals surface area contributed by atoms with Gasteiger partial charge in [-0.15, -0.1) is 0 Å². The van der Waals surface area contributed by atoms with Crippen LogP contribution in [0.5, 0.6) is 0 Å². The van der Waals surface area contributed by atoms with E-state index in [9.17, 15) is 9.59 Å². The molecule has 1 atom stereocenters. The van der Waals surface area contributed by atoms with Gasteiger partial charge >= 0.3 is 5.97 Å². The molecule has 0 aliphatic carbocycles. The number of hydrogen-bond acceptors (Lipinski definition) is 5. The largest absolute Gasteiger partial charge is 0.476 e. The highest BCUT2D eigenvalue weighted by Crippen LogP contribution is 2.19. The summed E-state index contributed by atoms with van der Waals surface area (Å²) in [6.45, 7) is 2.86. The molecule has 0 bridgehead atoms. The van der Waals surface area contributed by atoms with Crippen molar-refractivity contribution in [1.29, 1.82) is 0 Å². The van der Waals surface area contributed by atoms with Crippen LogP contribution in [0, 0.1) is 0 Å². The minimum atomic E-state index is -1.33. The first-order valence-electron chi connectivity index (χ1n) is 10.9. The van der Waals surface area contributed by atoms with Crippen LogP contribution in [0.25, 0.3) is 0 Å². The monoisotopic (exact) mass is 419 g/mol. The average Bonchev–Trinajstić information content (AvgIpc) is 2.80. The predicted octanol–water partition coefficient (Wildman–Crippen LogP) is 4.54. The minimum Gasteiger partial charge on any atom is -0.476 e. The number of hydrazone groups is 1. The number of nitrogens with zero attached hydrogens (tertiary/aromatic N) is 3. The predicted molar refractivity (Wildman–Crippen MR) is 122 cm³/mol. The summed E-state index contributed by atoms with van der Waals surface area (Å²) in [5.41, 5.74) is 3.91. The fourth-order valence-electron chi connectivity index (χ4n) is 3.61. The third kappa shape index (κ3) is 6.35. The Balaban J connectivity index is 1.59. The highest BCUT2D eigenvalue weighted by atomic mass is 16.4. The molecule has 6 heteroatoms. The molecular weight excluding hydrogens is 390 g/mol. The standard InChI is InChI=1S/C25H29N3O3/c1-19-26-23(20-13-7-5-8-14-20)24(21-15-9-6-10-16-21)27-28(19)18-12-4-2-3-11-17-22(29)25(30)31/h5-10,13-16,19H,2-4,11-12,17-18H2,1H3,(H,30,31). The molecule has 1 N–H and O–H groups in total. The lowest BCUT2D eigenvalue weighted by Gasteiger charge is -2.30. The van der Waals surface area contributed by atoms with E-state index >= 15 is 0 Å². The lowest BCUT2D eigenvalue weighted by molar-refractivity contribution is -0.149. The molecule has 0 aromatic heterocycles. The van der Waals surface area contributed by atoms with Crippen molar-refractivity contribution in [3.63, 3.8) is 0 Å². The number of aliphatic imine (C=N–C) groups is 1. The van der Waals surface area contributed by atoms with Crippen molar-refractivity contribution in [2.45, 2.75) is 51.6 Å². The lowest BCUT2D eigenvalue weighted by atomic mass is 9.99. The number of ketones is 1. The molecule has 0 spiro atoms. The van der Waals surface area contributed by atoms with E-state index in [1.54, 1.807) is 0 Å². The smallest absolute Gasteiger partial charge is 0.372 e. The number of aliphatic carboxylic acids is 1. The van der Waals surface area contributed by atoms with Crippen LogP contribution in [0.2, 0.25) is 0 Å². The van der Waals surface area contributed by atoms with Gasteiger partial charge in [-0.25, -0.2) is 4.79 Å². The van der Waals surface area contributed by atoms with Gasteiger partial charge in [-0.1, -0.05) is 79.9 Å². The molecule has 1 unspecified atom stereocenters. The molecule has 2 aromatic carbocycles. The van der Waals surface area contributed by atoms with Gasteiger partial charge in [0, 0.05) is 24.1 Å². The second kappa shape index (κ2) is 11.2. The molecule has 31 heavy (non-hydrogen) atoms. The number of rotatable bonds is 11. The zero-order valence-corrected chi connectivity index (χ0v) is 17.9. The van der Waals surface area contributed by atoms with E-state index in [1.165, 1.54) is 0 Å². The maximum atomic E-state index is 11.1. The van der Waals surface area contributed by atoms with E-state index in [4.69, 9.17) is 15.2 Å². The summed E-state index contributed by atoms with van der Waals surface area (Å²) >= 11 is 0. The van der Waals surface area contributed by atoms with Crippen molar-refractivity contribution in [3.8, 4) is 0 Å². The summed E-state index contributed by atoms with van der Waals surface area (Å²) < 4.78 is 0. The number of carboxylic acid groups (broad SMARTS) is 1. The van der Waals surface area contributed by atoms with E-state index in [0.717, 1.165) is 54.8 Å². The van der Waals surface area contributed by atoms with Gasteiger partial charge in [-0.05, 0) is 19.8 Å². The number of carbonyl (C=O) groups excluding carboxylic acids is 1. The maximum Gasteiger partial charge on any atom is 0.372 e. The minimum absolute atomic E-state index is 0.0455. The summed E-state index contributed by atoms with van der Waals surface area (Å²) in [6.07, 6.45) is 4.53. The van der Waals surface area contributed by atoms with Crippen molar-refractivity contribution in [2.24, 2.45) is 10.1 Å². The van der Waals surface area contributed by atoms with Gasteiger partial charge in [-0.2, -0.15) is 5.10 Å². The second-order valence-corrected chi connectivity index (χ2v) is 7.70. The number of hydrogen-bond donors (Lipinski definition) is 1. The van der Waals surface area contributed by atoms with Gasteiger partial charge in [0.2, 0.25) is 5.78 Å². The average molecular weight is 420 g/mol. The molecule has 0 saturated heterocycles. The van der Waals surface area contributed by atoms with Crippen LogP contribution < -0.4 is 0 Å². The highest BCUT2D eigenvalue weighted by Gasteiger charge is 2.24. The van der Waals surface area contributed by atoms with Gasteiger partial charge in [-0.3, -0.25) is 14.8 Å². The summed E-state index contributed by atoms with van der Waals surface area (Å²) in [5, 5.41) is 15.6. The first kappa shape index (κ1) is 22.4. The number of carboxylic acids is 1. The van der Waals surface area contributed by atoms with Gasteiger partial charge in [0.1, 0.15) is 11.9 Å². The van der Waals surface area contributed by atoms with Crippen molar-refractivity contribution in [3.05, 3.63) is 71.8 Å². The molecule has 1 heterocycles. The second-order valence-electron chi connectivity index (χ2n) is 7.70. The fraction of sp³-hybridized carbons (Fsp3) is 0.360. The quantitative estimate of drug-likeness (QED) is 0.428. The Morgan fingerprint density at radius 1 is 0.839 bits per heavy atom. The zero-order chi connectivity index (χ0) is 22.1. The SMILES string of the molecule is CC1N=C(c2ccccc2)C(c2ccccc2)=NN1CCCCCCCC(=O)C(=O)O. The van der Waals surface area contributed by atoms with Crippen molar-refractivity contribution < 1.29 is 14.7 Å². The molecule has 0 amide bonds. The van der Waals surface area contributed by atoms with E-state index in [-0.39, 0.29) is 12.6 Å². The summed E-state index contributed by atoms with van der Waals surface area (Å²) in [4.78, 5) is 26.6. The third-order valence-electron chi connectivity index (χ3n) is 5.32. The lowest BCUT2D eigenvalue weighted by Crippen LogP contribution is -2.37. The Labute approximate surface area is 183 Å². The maximum absolute atomic E-state index is 11.1. The van der Waals surface area contributed by atoms with Crippen LogP contribution in [0.15, 0.2) is 70.8 Å². The first-order valence-corrected chi connectivity index (χ1v) is 10.9. The van der Waals surface area contributed by atoms with Crippen molar-refractivity contribution >= 4 is 23.2 Å². The molecule has 0 fully saturated rings. The van der Waals surface area contributed by atoms with E-state index in [0.29, 0.717) is 6.42 Å². The van der Waals surface area contributed by atoms with Crippen LogP contribution in [0.3, 0.4) is 0 Å². The Bertz CT molecular complexity index is 939. The van der Waals surface area contributed by atoms with Gasteiger partial charge in [0.05, 0.1) is 5.71 Å². The van der Waals surface area contributed by atoms with Gasteiger partial charge < -0.3 is 5.11 Å². The molecule has 6 nitrogen and oxygen atoms in total. The van der Waals surface area contributed by atoms with E-state index in [2.05, 4.69) is 31.2 Å². The molecular formula is C25H29N3O3. The Morgan fingerprint density at radius 2 is 1.39 bits per heavy atom. The third-order valence-corrected chi connectivity index (χ3v) is 5.32. The highest BCUT2D eigenvalue weighted by molar-refractivity contribution is 6.53. The normalized spacial score (nSPS) is 15.9. The Kier molecular flexibility index (Phi) is 8.10. The fourth-order valence-corrected chi connectivity index (χ4v) is 3.61. The van der Waals surface area contributed by atoms with E-state index < -0.39 is 11.8 Å². The van der Waals surface area contributed by atoms with Gasteiger partial charge in [0.15, 0.2) is 0 Å². The van der Waals surface area contributed by atoms with Crippen LogP contribution in [0.1, 0.15) is 56.6 Å². The molecule has 3 rings (SSSR count). The summed E-state index contributed by atoms with van der Waals surface area (Å²) in [5.74, 6) is -2.03. The van der Waals surface area contributed by atoms with Crippen LogP contribution in [-0.2, 0) is 9.59 Å². The number of carbonyl (C=O) groups is 2. The summed E-state index contributed by atoms with van der Waals surface area (Å²) in [7, 11) is 0. The van der Waals surface area contributed by atoms with E-state index in [1.807, 2.05) is 41.4 Å². The molecule has 0 radical (unpaired) electrons. The number of unbranched alkanes of at least 4 members (excludes halogenated alkanes) is 4. The van der Waals surface area contributed by atoms with Crippen molar-refractivity contribution in [2.75, 3.05) is 6.54 Å². The van der Waals surface area contributed by atoms with Crippen molar-refractivity contribution in [1.82, 2.24) is 5.01 Å². The van der Waals surface area contributed by atoms with Gasteiger partial charge in [0.25, 0.3) is 0 Å². The molecule has 0 saturated carbocycles. The summed E-state index contributed by atoms with van der Waals surface area (Å²) in [6, 6.07) is 20.3. The molecule has 162 valence electrons.